The van der Waals surface area contributed by atoms with Crippen molar-refractivity contribution in [2.24, 2.45) is 11.7 Å². The first-order chi connectivity index (χ1) is 7.91. The topological polar surface area (TPSA) is 133 Å². The van der Waals surface area contributed by atoms with Crippen molar-refractivity contribution in [3.05, 3.63) is 0 Å². The van der Waals surface area contributed by atoms with E-state index in [2.05, 4.69) is 5.32 Å². The van der Waals surface area contributed by atoms with Gasteiger partial charge in [-0.3, -0.25) is 4.79 Å². The summed E-state index contributed by atoms with van der Waals surface area (Å²) >= 11 is 0. The molecule has 1 saturated heterocycles. The third-order valence-corrected chi connectivity index (χ3v) is 2.61. The molecule has 1 aliphatic rings. The van der Waals surface area contributed by atoms with Crippen molar-refractivity contribution in [2.45, 2.75) is 12.5 Å². The van der Waals surface area contributed by atoms with Crippen LogP contribution in [0.5, 0.6) is 0 Å². The van der Waals surface area contributed by atoms with Crippen LogP contribution < -0.4 is 11.1 Å². The molecule has 2 atom stereocenters. The number of likely N-dealkylation sites (tertiary alicyclic amines) is 1. The molecule has 1 rings (SSSR count). The molecule has 5 N–H and O–H groups in total. The number of amides is 3. The summed E-state index contributed by atoms with van der Waals surface area (Å²) < 4.78 is 0. The van der Waals surface area contributed by atoms with E-state index in [9.17, 15) is 14.4 Å². The van der Waals surface area contributed by atoms with Gasteiger partial charge in [0.05, 0.1) is 12.5 Å². The summed E-state index contributed by atoms with van der Waals surface area (Å²) in [4.78, 5) is 34.0. The Hall–Kier alpha value is -1.83. The van der Waals surface area contributed by atoms with E-state index in [1.807, 2.05) is 0 Å². The molecule has 0 saturated carbocycles. The zero-order valence-electron chi connectivity index (χ0n) is 9.13. The van der Waals surface area contributed by atoms with E-state index < -0.39 is 24.0 Å². The van der Waals surface area contributed by atoms with Crippen molar-refractivity contribution >= 4 is 17.9 Å². The molecule has 0 aromatic carbocycles. The first-order valence-electron chi connectivity index (χ1n) is 5.14. The first kappa shape index (κ1) is 13.2. The van der Waals surface area contributed by atoms with Crippen LogP contribution in [0.15, 0.2) is 0 Å². The molecule has 3 amide bonds. The minimum Gasteiger partial charge on any atom is -0.479 e. The lowest BCUT2D eigenvalue weighted by atomic mass is 10.1. The van der Waals surface area contributed by atoms with Gasteiger partial charge in [0.15, 0.2) is 6.10 Å². The van der Waals surface area contributed by atoms with Gasteiger partial charge >= 0.3 is 12.0 Å². The SMILES string of the molecule is NC(=O)C1CCN(C(=O)NC[C@H](O)C(=O)O)C1. The fraction of sp³-hybridized carbons (Fsp3) is 0.667. The number of carboxylic acid groups (broad SMARTS) is 1. The van der Waals surface area contributed by atoms with E-state index in [0.717, 1.165) is 0 Å². The number of nitrogens with zero attached hydrogens (tertiary/aromatic N) is 1. The molecule has 0 spiro atoms. The number of carbonyl (C=O) groups is 3. The van der Waals surface area contributed by atoms with Gasteiger partial charge in [0.1, 0.15) is 0 Å². The second kappa shape index (κ2) is 5.48. The average Bonchev–Trinajstić information content (AvgIpc) is 2.74. The molecule has 8 heteroatoms. The van der Waals surface area contributed by atoms with Gasteiger partial charge in [-0.2, -0.15) is 0 Å². The molecular weight excluding hydrogens is 230 g/mol. The normalized spacial score (nSPS) is 21.0. The van der Waals surface area contributed by atoms with Crippen LogP contribution in [-0.2, 0) is 9.59 Å². The van der Waals surface area contributed by atoms with Crippen LogP contribution in [0.25, 0.3) is 0 Å². The summed E-state index contributed by atoms with van der Waals surface area (Å²) in [6.07, 6.45) is -1.13. The summed E-state index contributed by atoms with van der Waals surface area (Å²) in [6, 6.07) is -0.506. The zero-order chi connectivity index (χ0) is 13.0. The number of aliphatic hydroxyl groups excluding tert-OH is 1. The van der Waals surface area contributed by atoms with E-state index in [4.69, 9.17) is 15.9 Å². The van der Waals surface area contributed by atoms with Crippen LogP contribution in [0.2, 0.25) is 0 Å². The molecule has 0 bridgehead atoms. The smallest absolute Gasteiger partial charge is 0.334 e. The van der Waals surface area contributed by atoms with E-state index >= 15 is 0 Å². The minimum absolute atomic E-state index is 0.227. The van der Waals surface area contributed by atoms with Gasteiger partial charge in [0, 0.05) is 13.1 Å². The highest BCUT2D eigenvalue weighted by Crippen LogP contribution is 2.15. The molecule has 1 unspecified atom stereocenters. The zero-order valence-corrected chi connectivity index (χ0v) is 9.13. The van der Waals surface area contributed by atoms with E-state index in [1.165, 1.54) is 4.90 Å². The largest absolute Gasteiger partial charge is 0.479 e. The molecule has 0 aliphatic carbocycles. The lowest BCUT2D eigenvalue weighted by Crippen LogP contribution is -2.44. The van der Waals surface area contributed by atoms with Crippen molar-refractivity contribution in [3.8, 4) is 0 Å². The lowest BCUT2D eigenvalue weighted by molar-refractivity contribution is -0.146. The molecule has 0 aromatic rings. The molecule has 96 valence electrons. The Morgan fingerprint density at radius 1 is 1.47 bits per heavy atom. The van der Waals surface area contributed by atoms with Crippen LogP contribution in [0, 0.1) is 5.92 Å². The minimum atomic E-state index is -1.63. The van der Waals surface area contributed by atoms with Gasteiger partial charge in [-0.25, -0.2) is 9.59 Å². The Morgan fingerprint density at radius 3 is 2.59 bits per heavy atom. The van der Waals surface area contributed by atoms with Gasteiger partial charge in [0.25, 0.3) is 0 Å². The molecule has 17 heavy (non-hydrogen) atoms. The van der Waals surface area contributed by atoms with Crippen molar-refractivity contribution in [2.75, 3.05) is 19.6 Å². The number of carbonyl (C=O) groups excluding carboxylic acids is 2. The number of hydrogen-bond donors (Lipinski definition) is 4. The predicted molar refractivity (Wildman–Crippen MR) is 55.9 cm³/mol. The third kappa shape index (κ3) is 3.59. The monoisotopic (exact) mass is 245 g/mol. The van der Waals surface area contributed by atoms with Crippen molar-refractivity contribution in [3.63, 3.8) is 0 Å². The van der Waals surface area contributed by atoms with Crippen molar-refractivity contribution < 1.29 is 24.6 Å². The fourth-order valence-corrected chi connectivity index (χ4v) is 1.56. The van der Waals surface area contributed by atoms with Crippen LogP contribution in [0.1, 0.15) is 6.42 Å². The van der Waals surface area contributed by atoms with Crippen molar-refractivity contribution in [1.29, 1.82) is 0 Å². The number of aliphatic carboxylic acids is 1. The molecule has 8 nitrogen and oxygen atoms in total. The second-order valence-electron chi connectivity index (χ2n) is 3.87. The highest BCUT2D eigenvalue weighted by molar-refractivity contribution is 5.80. The number of hydrogen-bond acceptors (Lipinski definition) is 4. The number of nitrogens with two attached hydrogens (primary N) is 1. The highest BCUT2D eigenvalue weighted by Gasteiger charge is 2.29. The average molecular weight is 245 g/mol. The predicted octanol–water partition coefficient (Wildman–Crippen LogP) is -2.05. The highest BCUT2D eigenvalue weighted by atomic mass is 16.4. The van der Waals surface area contributed by atoms with Gasteiger partial charge in [-0.1, -0.05) is 0 Å². The maximum Gasteiger partial charge on any atom is 0.334 e. The Labute approximate surface area is 97.4 Å². The number of rotatable bonds is 4. The summed E-state index contributed by atoms with van der Waals surface area (Å²) in [5, 5.41) is 19.6. The van der Waals surface area contributed by atoms with Crippen LogP contribution >= 0.6 is 0 Å². The second-order valence-corrected chi connectivity index (χ2v) is 3.87. The Kier molecular flexibility index (Phi) is 4.27. The standard InChI is InChI=1S/C9H15N3O5/c10-7(14)5-1-2-12(4-5)9(17)11-3-6(13)8(15)16/h5-6,13H,1-4H2,(H2,10,14)(H,11,17)(H,15,16)/t5?,6-/m0/s1. The number of aliphatic hydroxyl groups is 1. The van der Waals surface area contributed by atoms with Crippen molar-refractivity contribution in [1.82, 2.24) is 10.2 Å². The van der Waals surface area contributed by atoms with Crippen LogP contribution in [0.4, 0.5) is 4.79 Å². The molecule has 1 fully saturated rings. The summed E-state index contributed by atoms with van der Waals surface area (Å²) in [5.41, 5.74) is 5.11. The van der Waals surface area contributed by atoms with Crippen LogP contribution in [0.3, 0.4) is 0 Å². The van der Waals surface area contributed by atoms with E-state index in [0.29, 0.717) is 13.0 Å². The quantitative estimate of drug-likeness (QED) is 0.452. The molecule has 1 heterocycles. The Balaban J connectivity index is 2.35. The van der Waals surface area contributed by atoms with Crippen LogP contribution in [-0.4, -0.2) is 58.8 Å². The molecule has 1 aliphatic heterocycles. The first-order valence-corrected chi connectivity index (χ1v) is 5.14. The maximum absolute atomic E-state index is 11.5. The summed E-state index contributed by atoms with van der Waals surface area (Å²) in [5.74, 6) is -2.21. The number of carboxylic acids is 1. The maximum atomic E-state index is 11.5. The fourth-order valence-electron chi connectivity index (χ4n) is 1.56. The van der Waals surface area contributed by atoms with Gasteiger partial charge in [-0.15, -0.1) is 0 Å². The molecular formula is C9H15N3O5. The Bertz CT molecular complexity index is 333. The molecule has 0 aromatic heterocycles. The molecule has 0 radical (unpaired) electrons. The Morgan fingerprint density at radius 2 is 2.12 bits per heavy atom. The van der Waals surface area contributed by atoms with E-state index in [-0.39, 0.29) is 19.0 Å². The number of nitrogens with one attached hydrogen (secondary N) is 1. The third-order valence-electron chi connectivity index (χ3n) is 2.61. The summed E-state index contributed by atoms with van der Waals surface area (Å²) in [6.45, 7) is 0.249. The van der Waals surface area contributed by atoms with Gasteiger partial charge in [-0.05, 0) is 6.42 Å². The number of primary amides is 1. The number of urea groups is 1. The van der Waals surface area contributed by atoms with Gasteiger partial charge in [0.2, 0.25) is 5.91 Å². The lowest BCUT2D eigenvalue weighted by Gasteiger charge is -2.17. The van der Waals surface area contributed by atoms with Gasteiger partial charge < -0.3 is 26.2 Å². The summed E-state index contributed by atoms with van der Waals surface area (Å²) in [7, 11) is 0. The van der Waals surface area contributed by atoms with E-state index in [1.54, 1.807) is 0 Å².